The third-order valence-corrected chi connectivity index (χ3v) is 4.84. The number of carbonyl (C=O) groups is 4. The van der Waals surface area contributed by atoms with Gasteiger partial charge in [0.15, 0.2) is 0 Å². The lowest BCUT2D eigenvalue weighted by atomic mass is 10.1. The van der Waals surface area contributed by atoms with Crippen molar-refractivity contribution in [1.29, 1.82) is 0 Å². The number of ether oxygens (including phenoxy) is 1. The van der Waals surface area contributed by atoms with Gasteiger partial charge in [-0.3, -0.25) is 19.3 Å². The average molecular weight is 387 g/mol. The van der Waals surface area contributed by atoms with Crippen molar-refractivity contribution in [3.8, 4) is 0 Å². The quantitative estimate of drug-likeness (QED) is 0.775. The Morgan fingerprint density at radius 1 is 1.11 bits per heavy atom. The van der Waals surface area contributed by atoms with Crippen LogP contribution >= 0.6 is 0 Å². The number of hydrogen-bond acceptors (Lipinski definition) is 5. The maximum absolute atomic E-state index is 12.3. The third kappa shape index (κ3) is 4.32. The molecular formula is C20H25N3O5. The molecule has 0 spiro atoms. The fourth-order valence-electron chi connectivity index (χ4n) is 3.34. The summed E-state index contributed by atoms with van der Waals surface area (Å²) in [6.45, 7) is 5.02. The Bertz CT molecular complexity index is 749. The Morgan fingerprint density at radius 2 is 1.68 bits per heavy atom. The molecule has 0 aliphatic carbocycles. The van der Waals surface area contributed by atoms with Crippen LogP contribution in [0.15, 0.2) is 24.3 Å². The number of hydrogen-bond donors (Lipinski definition) is 1. The highest BCUT2D eigenvalue weighted by Crippen LogP contribution is 2.22. The summed E-state index contributed by atoms with van der Waals surface area (Å²) in [5, 5.41) is 2.86. The summed E-state index contributed by atoms with van der Waals surface area (Å²) in [6, 6.07) is 6.45. The van der Waals surface area contributed by atoms with Crippen LogP contribution in [0.4, 0.5) is 4.79 Å². The molecule has 2 heterocycles. The van der Waals surface area contributed by atoms with Gasteiger partial charge in [-0.2, -0.15) is 0 Å². The number of imide groups is 1. The molecule has 0 unspecified atom stereocenters. The molecule has 8 heteroatoms. The van der Waals surface area contributed by atoms with Crippen molar-refractivity contribution in [3.63, 3.8) is 0 Å². The van der Waals surface area contributed by atoms with Crippen LogP contribution in [-0.2, 0) is 9.53 Å². The predicted octanol–water partition coefficient (Wildman–Crippen LogP) is 1.66. The molecule has 28 heavy (non-hydrogen) atoms. The number of benzene rings is 1. The van der Waals surface area contributed by atoms with E-state index in [1.165, 1.54) is 0 Å². The minimum Gasteiger partial charge on any atom is -0.449 e. The highest BCUT2D eigenvalue weighted by Gasteiger charge is 2.36. The van der Waals surface area contributed by atoms with Crippen molar-refractivity contribution in [1.82, 2.24) is 15.1 Å². The van der Waals surface area contributed by atoms with Crippen molar-refractivity contribution >= 4 is 23.8 Å². The molecule has 0 aromatic heterocycles. The van der Waals surface area contributed by atoms with E-state index in [0.717, 1.165) is 4.90 Å². The van der Waals surface area contributed by atoms with E-state index >= 15 is 0 Å². The standard InChI is InChI=1S/C20H25N3O5/c1-13(2)12-28-20(27)22-9-7-14(8-10-22)21-17(24)11-23-18(25)15-5-3-4-6-16(15)19(23)26/h3-6,13-14H,7-12H2,1-2H3,(H,21,24). The van der Waals surface area contributed by atoms with Gasteiger partial charge in [0.05, 0.1) is 17.7 Å². The predicted molar refractivity (Wildman–Crippen MR) is 101 cm³/mol. The molecular weight excluding hydrogens is 362 g/mol. The van der Waals surface area contributed by atoms with Crippen LogP contribution in [0, 0.1) is 5.92 Å². The van der Waals surface area contributed by atoms with Gasteiger partial charge in [0.2, 0.25) is 5.91 Å². The van der Waals surface area contributed by atoms with Crippen molar-refractivity contribution in [2.45, 2.75) is 32.7 Å². The van der Waals surface area contributed by atoms with Gasteiger partial charge in [-0.15, -0.1) is 0 Å². The first-order valence-electron chi connectivity index (χ1n) is 9.53. The fourth-order valence-corrected chi connectivity index (χ4v) is 3.34. The van der Waals surface area contributed by atoms with Crippen LogP contribution in [0.1, 0.15) is 47.4 Å². The van der Waals surface area contributed by atoms with Crippen molar-refractivity contribution < 1.29 is 23.9 Å². The number of amides is 4. The van der Waals surface area contributed by atoms with Gasteiger partial charge in [0.25, 0.3) is 11.8 Å². The van der Waals surface area contributed by atoms with E-state index in [0.29, 0.717) is 43.7 Å². The summed E-state index contributed by atoms with van der Waals surface area (Å²) in [5.41, 5.74) is 0.655. The van der Waals surface area contributed by atoms with E-state index in [1.807, 2.05) is 13.8 Å². The number of carbonyl (C=O) groups excluding carboxylic acids is 4. The molecule has 1 aromatic rings. The van der Waals surface area contributed by atoms with Crippen molar-refractivity contribution in [3.05, 3.63) is 35.4 Å². The molecule has 0 saturated carbocycles. The molecule has 0 bridgehead atoms. The molecule has 1 saturated heterocycles. The van der Waals surface area contributed by atoms with Crippen molar-refractivity contribution in [2.75, 3.05) is 26.2 Å². The van der Waals surface area contributed by atoms with Crippen LogP contribution in [0.5, 0.6) is 0 Å². The van der Waals surface area contributed by atoms with Gasteiger partial charge in [0, 0.05) is 19.1 Å². The summed E-state index contributed by atoms with van der Waals surface area (Å²) in [5.74, 6) is -0.991. The zero-order chi connectivity index (χ0) is 20.3. The van der Waals surface area contributed by atoms with Crippen LogP contribution in [0.2, 0.25) is 0 Å². The number of fused-ring (bicyclic) bond motifs is 1. The maximum atomic E-state index is 12.3. The molecule has 0 radical (unpaired) electrons. The maximum Gasteiger partial charge on any atom is 0.409 e. The first-order chi connectivity index (χ1) is 13.4. The number of nitrogens with one attached hydrogen (secondary N) is 1. The van der Waals surface area contributed by atoms with E-state index < -0.39 is 11.8 Å². The van der Waals surface area contributed by atoms with Gasteiger partial charge < -0.3 is 15.0 Å². The Kier molecular flexibility index (Phi) is 5.96. The van der Waals surface area contributed by atoms with Gasteiger partial charge in [0.1, 0.15) is 6.54 Å². The molecule has 1 N–H and O–H groups in total. The monoisotopic (exact) mass is 387 g/mol. The second-order valence-electron chi connectivity index (χ2n) is 7.54. The Morgan fingerprint density at radius 3 is 2.21 bits per heavy atom. The van der Waals surface area contributed by atoms with Gasteiger partial charge in [-0.1, -0.05) is 26.0 Å². The third-order valence-electron chi connectivity index (χ3n) is 4.84. The number of rotatable bonds is 5. The highest BCUT2D eigenvalue weighted by atomic mass is 16.6. The second kappa shape index (κ2) is 8.41. The number of likely N-dealkylation sites (tertiary alicyclic amines) is 1. The molecule has 2 aliphatic heterocycles. The molecule has 4 amide bonds. The topological polar surface area (TPSA) is 96.0 Å². The smallest absolute Gasteiger partial charge is 0.409 e. The fraction of sp³-hybridized carbons (Fsp3) is 0.500. The Balaban J connectivity index is 1.46. The lowest BCUT2D eigenvalue weighted by molar-refractivity contribution is -0.122. The number of nitrogens with zero attached hydrogens (tertiary/aromatic N) is 2. The summed E-state index contributed by atoms with van der Waals surface area (Å²) >= 11 is 0. The summed E-state index contributed by atoms with van der Waals surface area (Å²) < 4.78 is 5.22. The van der Waals surface area contributed by atoms with Crippen molar-refractivity contribution in [2.24, 2.45) is 5.92 Å². The molecule has 0 atom stereocenters. The second-order valence-corrected chi connectivity index (χ2v) is 7.54. The molecule has 1 aromatic carbocycles. The van der Waals surface area contributed by atoms with E-state index in [9.17, 15) is 19.2 Å². The van der Waals surface area contributed by atoms with E-state index in [2.05, 4.69) is 5.32 Å². The van der Waals surface area contributed by atoms with Crippen LogP contribution in [0.3, 0.4) is 0 Å². The molecule has 2 aliphatic rings. The summed E-state index contributed by atoms with van der Waals surface area (Å²) in [4.78, 5) is 51.6. The Hall–Kier alpha value is -2.90. The normalized spacial score (nSPS) is 17.1. The van der Waals surface area contributed by atoms with Gasteiger partial charge in [-0.25, -0.2) is 4.79 Å². The van der Waals surface area contributed by atoms with E-state index in [-0.39, 0.29) is 30.5 Å². The number of piperidine rings is 1. The first kappa shape index (κ1) is 19.9. The lowest BCUT2D eigenvalue weighted by Gasteiger charge is -2.32. The van der Waals surface area contributed by atoms with Crippen LogP contribution in [-0.4, -0.2) is 65.9 Å². The minimum absolute atomic E-state index is 0.100. The molecule has 8 nitrogen and oxygen atoms in total. The highest BCUT2D eigenvalue weighted by molar-refractivity contribution is 6.22. The largest absolute Gasteiger partial charge is 0.449 e. The lowest BCUT2D eigenvalue weighted by Crippen LogP contribution is -2.49. The summed E-state index contributed by atoms with van der Waals surface area (Å²) in [7, 11) is 0. The molecule has 150 valence electrons. The van der Waals surface area contributed by atoms with E-state index in [4.69, 9.17) is 4.74 Å². The zero-order valence-electron chi connectivity index (χ0n) is 16.1. The molecule has 3 rings (SSSR count). The zero-order valence-corrected chi connectivity index (χ0v) is 16.1. The summed E-state index contributed by atoms with van der Waals surface area (Å²) in [6.07, 6.45) is 0.874. The molecule has 1 fully saturated rings. The van der Waals surface area contributed by atoms with Crippen LogP contribution in [0.25, 0.3) is 0 Å². The van der Waals surface area contributed by atoms with Gasteiger partial charge in [-0.05, 0) is 30.9 Å². The SMILES string of the molecule is CC(C)COC(=O)N1CCC(NC(=O)CN2C(=O)c3ccccc3C2=O)CC1. The average Bonchev–Trinajstić information content (AvgIpc) is 2.92. The Labute approximate surface area is 163 Å². The van der Waals surface area contributed by atoms with Crippen LogP contribution < -0.4 is 5.32 Å². The minimum atomic E-state index is -0.446. The van der Waals surface area contributed by atoms with Gasteiger partial charge >= 0.3 is 6.09 Å². The van der Waals surface area contributed by atoms with E-state index in [1.54, 1.807) is 29.2 Å². The first-order valence-corrected chi connectivity index (χ1v) is 9.53.